The minimum atomic E-state index is 0.564. The predicted molar refractivity (Wildman–Crippen MR) is 84.8 cm³/mol. The molecular weight excluding hydrogens is 295 g/mol. The Balaban J connectivity index is 2.17. The molecule has 4 nitrogen and oxygen atoms in total. The summed E-state index contributed by atoms with van der Waals surface area (Å²) in [7, 11) is 4.18. The minimum Gasteiger partial charge on any atom is -0.313 e. The normalized spacial score (nSPS) is 11.7. The molecule has 0 unspecified atom stereocenters. The molecule has 0 saturated heterocycles. The van der Waals surface area contributed by atoms with Gasteiger partial charge in [-0.15, -0.1) is 11.6 Å². The molecule has 0 saturated carbocycles. The summed E-state index contributed by atoms with van der Waals surface area (Å²) < 4.78 is 2.17. The molecule has 0 N–H and O–H groups in total. The van der Waals surface area contributed by atoms with E-state index in [4.69, 9.17) is 23.2 Å². The second-order valence-electron chi connectivity index (χ2n) is 5.13. The van der Waals surface area contributed by atoms with Crippen LogP contribution >= 0.6 is 23.2 Å². The van der Waals surface area contributed by atoms with Crippen molar-refractivity contribution in [2.45, 2.75) is 25.8 Å². The van der Waals surface area contributed by atoms with Crippen LogP contribution in [0.4, 0.5) is 0 Å². The van der Waals surface area contributed by atoms with E-state index < -0.39 is 0 Å². The van der Waals surface area contributed by atoms with Gasteiger partial charge in [-0.1, -0.05) is 11.6 Å². The van der Waals surface area contributed by atoms with Crippen LogP contribution in [0.1, 0.15) is 18.7 Å². The number of rotatable bonds is 7. The lowest BCUT2D eigenvalue weighted by molar-refractivity contribution is 0.387. The van der Waals surface area contributed by atoms with E-state index in [1.807, 2.05) is 6.07 Å². The maximum atomic E-state index is 5.98. The van der Waals surface area contributed by atoms with Gasteiger partial charge in [0.25, 0.3) is 0 Å². The first-order chi connectivity index (χ1) is 9.61. The maximum Gasteiger partial charge on any atom is 0.160 e. The quantitative estimate of drug-likeness (QED) is 0.581. The van der Waals surface area contributed by atoms with Gasteiger partial charge in [0.15, 0.2) is 5.65 Å². The number of fused-ring (bicyclic) bond motifs is 1. The standard InChI is InChI=1S/C14H20Cl2N4/c1-19(2)7-3-4-8-20-13(5-6-15)18-12-9-11(16)10-17-14(12)20/h9-10H,3-8H2,1-2H3. The summed E-state index contributed by atoms with van der Waals surface area (Å²) in [6.07, 6.45) is 4.68. The van der Waals surface area contributed by atoms with Crippen LogP contribution in [0.2, 0.25) is 5.02 Å². The number of unbranched alkanes of at least 4 members (excludes halogenated alkanes) is 1. The fraction of sp³-hybridized carbons (Fsp3) is 0.571. The third kappa shape index (κ3) is 3.84. The van der Waals surface area contributed by atoms with E-state index in [-0.39, 0.29) is 0 Å². The zero-order valence-electron chi connectivity index (χ0n) is 11.9. The molecule has 2 aromatic heterocycles. The summed E-state index contributed by atoms with van der Waals surface area (Å²) in [6, 6.07) is 1.86. The lowest BCUT2D eigenvalue weighted by Gasteiger charge is -2.11. The summed E-state index contributed by atoms with van der Waals surface area (Å²) in [5.74, 6) is 1.56. The van der Waals surface area contributed by atoms with Crippen molar-refractivity contribution in [2.24, 2.45) is 0 Å². The topological polar surface area (TPSA) is 34.0 Å². The highest BCUT2D eigenvalue weighted by molar-refractivity contribution is 6.31. The SMILES string of the molecule is CN(C)CCCCn1c(CCCl)nc2cc(Cl)cnc21. The first-order valence-electron chi connectivity index (χ1n) is 6.83. The van der Waals surface area contributed by atoms with Crippen molar-refractivity contribution < 1.29 is 0 Å². The van der Waals surface area contributed by atoms with Crippen molar-refractivity contribution in [3.63, 3.8) is 0 Å². The molecule has 0 fully saturated rings. The number of halogens is 2. The van der Waals surface area contributed by atoms with Gasteiger partial charge in [-0.2, -0.15) is 0 Å². The number of imidazole rings is 1. The van der Waals surface area contributed by atoms with Gasteiger partial charge < -0.3 is 9.47 Å². The summed E-state index contributed by atoms with van der Waals surface area (Å²) in [5.41, 5.74) is 1.75. The second-order valence-corrected chi connectivity index (χ2v) is 5.94. The highest BCUT2D eigenvalue weighted by Gasteiger charge is 2.11. The molecule has 2 rings (SSSR count). The number of nitrogens with zero attached hydrogens (tertiary/aromatic N) is 4. The Morgan fingerprint density at radius 2 is 2.10 bits per heavy atom. The average molecular weight is 315 g/mol. The van der Waals surface area contributed by atoms with Crippen LogP contribution in [0.5, 0.6) is 0 Å². The Kier molecular flexibility index (Phi) is 5.64. The predicted octanol–water partition coefficient (Wildman–Crippen LogP) is 3.21. The van der Waals surface area contributed by atoms with Crippen molar-refractivity contribution in [3.8, 4) is 0 Å². The van der Waals surface area contributed by atoms with Crippen LogP contribution in [0.25, 0.3) is 11.2 Å². The highest BCUT2D eigenvalue weighted by Crippen LogP contribution is 2.19. The third-order valence-electron chi connectivity index (χ3n) is 3.19. The molecule has 2 heterocycles. The molecule has 0 radical (unpaired) electrons. The van der Waals surface area contributed by atoms with E-state index in [1.54, 1.807) is 6.20 Å². The van der Waals surface area contributed by atoms with Crippen LogP contribution in [0.15, 0.2) is 12.3 Å². The van der Waals surface area contributed by atoms with E-state index in [0.717, 1.165) is 49.3 Å². The van der Waals surface area contributed by atoms with Gasteiger partial charge in [-0.05, 0) is 39.5 Å². The molecule has 2 aromatic rings. The summed E-state index contributed by atoms with van der Waals surface area (Å²) in [6.45, 7) is 2.02. The van der Waals surface area contributed by atoms with Gasteiger partial charge in [-0.25, -0.2) is 9.97 Å². The van der Waals surface area contributed by atoms with Gasteiger partial charge in [0.05, 0.1) is 5.02 Å². The monoisotopic (exact) mass is 314 g/mol. The van der Waals surface area contributed by atoms with E-state index in [1.165, 1.54) is 0 Å². The molecule has 0 aliphatic rings. The molecule has 0 aromatic carbocycles. The average Bonchev–Trinajstić information content (AvgIpc) is 2.72. The lowest BCUT2D eigenvalue weighted by Crippen LogP contribution is -2.14. The largest absolute Gasteiger partial charge is 0.313 e. The number of aryl methyl sites for hydroxylation is 2. The zero-order chi connectivity index (χ0) is 14.5. The van der Waals surface area contributed by atoms with E-state index >= 15 is 0 Å². The van der Waals surface area contributed by atoms with Crippen molar-refractivity contribution in [3.05, 3.63) is 23.1 Å². The third-order valence-corrected chi connectivity index (χ3v) is 3.58. The lowest BCUT2D eigenvalue weighted by atomic mass is 10.3. The van der Waals surface area contributed by atoms with E-state index in [2.05, 4.69) is 33.5 Å². The number of hydrogen-bond donors (Lipinski definition) is 0. The molecule has 0 aliphatic carbocycles. The Bertz CT molecular complexity index is 566. The number of aromatic nitrogens is 3. The van der Waals surface area contributed by atoms with Gasteiger partial charge in [0.2, 0.25) is 0 Å². The van der Waals surface area contributed by atoms with Crippen LogP contribution in [-0.2, 0) is 13.0 Å². The van der Waals surface area contributed by atoms with Crippen molar-refractivity contribution in [1.29, 1.82) is 0 Å². The minimum absolute atomic E-state index is 0.564. The van der Waals surface area contributed by atoms with Gasteiger partial charge >= 0.3 is 0 Å². The summed E-state index contributed by atoms with van der Waals surface area (Å²) in [4.78, 5) is 11.2. The van der Waals surface area contributed by atoms with Crippen molar-refractivity contribution >= 4 is 34.4 Å². The summed E-state index contributed by atoms with van der Waals surface area (Å²) >= 11 is 11.8. The fourth-order valence-corrected chi connectivity index (χ4v) is 2.56. The Labute approximate surface area is 129 Å². The first kappa shape index (κ1) is 15.5. The molecule has 0 aliphatic heterocycles. The van der Waals surface area contributed by atoms with Crippen molar-refractivity contribution in [1.82, 2.24) is 19.4 Å². The fourth-order valence-electron chi connectivity index (χ4n) is 2.24. The molecule has 110 valence electrons. The van der Waals surface area contributed by atoms with Gasteiger partial charge in [0, 0.05) is 25.0 Å². The first-order valence-corrected chi connectivity index (χ1v) is 7.74. The Morgan fingerprint density at radius 1 is 1.30 bits per heavy atom. The van der Waals surface area contributed by atoms with E-state index in [0.29, 0.717) is 10.9 Å². The molecule has 20 heavy (non-hydrogen) atoms. The zero-order valence-corrected chi connectivity index (χ0v) is 13.5. The maximum absolute atomic E-state index is 5.98. The molecule has 0 spiro atoms. The smallest absolute Gasteiger partial charge is 0.160 e. The van der Waals surface area contributed by atoms with Crippen LogP contribution < -0.4 is 0 Å². The van der Waals surface area contributed by atoms with Crippen LogP contribution in [-0.4, -0.2) is 46.0 Å². The molecular formula is C14H20Cl2N4. The van der Waals surface area contributed by atoms with Gasteiger partial charge in [0.1, 0.15) is 11.3 Å². The molecule has 6 heteroatoms. The molecule has 0 amide bonds. The van der Waals surface area contributed by atoms with E-state index in [9.17, 15) is 0 Å². The molecule has 0 bridgehead atoms. The number of alkyl halides is 1. The summed E-state index contributed by atoms with van der Waals surface area (Å²) in [5, 5.41) is 0.618. The number of hydrogen-bond acceptors (Lipinski definition) is 3. The second kappa shape index (κ2) is 7.25. The van der Waals surface area contributed by atoms with Gasteiger partial charge in [-0.3, -0.25) is 0 Å². The van der Waals surface area contributed by atoms with Crippen LogP contribution in [0.3, 0.4) is 0 Å². The van der Waals surface area contributed by atoms with Crippen LogP contribution in [0, 0.1) is 0 Å². The number of pyridine rings is 1. The highest BCUT2D eigenvalue weighted by atomic mass is 35.5. The Hall–Kier alpha value is -0.840. The van der Waals surface area contributed by atoms with Crippen molar-refractivity contribution in [2.75, 3.05) is 26.5 Å². The Morgan fingerprint density at radius 3 is 2.80 bits per heavy atom. The molecule has 0 atom stereocenters.